The lowest BCUT2D eigenvalue weighted by Crippen LogP contribution is -2.12. The molecule has 3 heteroatoms. The van der Waals surface area contributed by atoms with Gasteiger partial charge in [-0.25, -0.2) is 4.98 Å². The van der Waals surface area contributed by atoms with Crippen LogP contribution in [0.5, 0.6) is 5.75 Å². The Bertz CT molecular complexity index is 416. The molecule has 0 atom stereocenters. The molecule has 1 aromatic rings. The maximum Gasteiger partial charge on any atom is 0.140 e. The van der Waals surface area contributed by atoms with Crippen molar-refractivity contribution in [2.45, 2.75) is 71.6 Å². The molecule has 0 amide bonds. The highest BCUT2D eigenvalue weighted by Crippen LogP contribution is 2.26. The minimum atomic E-state index is 0.378. The van der Waals surface area contributed by atoms with Crippen LogP contribution in [0.3, 0.4) is 0 Å². The molecule has 0 bridgehead atoms. The fraction of sp³-hybridized carbons (Fsp3) is 0.722. The average Bonchev–Trinajstić information content (AvgIpc) is 2.45. The summed E-state index contributed by atoms with van der Waals surface area (Å²) in [5.74, 6) is 1.31. The van der Waals surface area contributed by atoms with E-state index in [1.165, 1.54) is 44.9 Å². The zero-order chi connectivity index (χ0) is 15.7. The van der Waals surface area contributed by atoms with Gasteiger partial charge >= 0.3 is 0 Å². The van der Waals surface area contributed by atoms with Crippen LogP contribution in [0, 0.1) is 6.92 Å². The molecule has 0 aliphatic carbocycles. The van der Waals surface area contributed by atoms with Crippen LogP contribution >= 0.6 is 0 Å². The second kappa shape index (κ2) is 9.64. The quantitative estimate of drug-likeness (QED) is 0.627. The molecule has 21 heavy (non-hydrogen) atoms. The van der Waals surface area contributed by atoms with E-state index in [1.54, 1.807) is 0 Å². The first-order chi connectivity index (χ1) is 10.1. The first-order valence-electron chi connectivity index (χ1n) is 8.43. The van der Waals surface area contributed by atoms with Gasteiger partial charge in [0.25, 0.3) is 0 Å². The molecular weight excluding hydrogens is 260 g/mol. The van der Waals surface area contributed by atoms with E-state index in [1.807, 2.05) is 32.0 Å². The summed E-state index contributed by atoms with van der Waals surface area (Å²) in [7, 11) is 3.97. The van der Waals surface area contributed by atoms with E-state index in [0.717, 1.165) is 29.9 Å². The number of aromatic hydroxyl groups is 1. The monoisotopic (exact) mass is 292 g/mol. The lowest BCUT2D eigenvalue weighted by atomic mass is 10.1. The molecule has 0 aromatic carbocycles. The summed E-state index contributed by atoms with van der Waals surface area (Å²) < 4.78 is 0. The summed E-state index contributed by atoms with van der Waals surface area (Å²) in [6.45, 7) is 4.20. The SMILES string of the molecule is CCCCCCCCCCc1nc(N(C)C)cc(C)c1O. The maximum absolute atomic E-state index is 10.1. The highest BCUT2D eigenvalue weighted by atomic mass is 16.3. The molecule has 0 aliphatic rings. The zero-order valence-electron chi connectivity index (χ0n) is 14.3. The lowest BCUT2D eigenvalue weighted by molar-refractivity contribution is 0.457. The van der Waals surface area contributed by atoms with Crippen molar-refractivity contribution in [1.82, 2.24) is 4.98 Å². The molecule has 1 aromatic heterocycles. The van der Waals surface area contributed by atoms with Gasteiger partial charge in [0.15, 0.2) is 0 Å². The molecule has 1 heterocycles. The van der Waals surface area contributed by atoms with Gasteiger partial charge in [-0.3, -0.25) is 0 Å². The summed E-state index contributed by atoms with van der Waals surface area (Å²) in [4.78, 5) is 6.56. The van der Waals surface area contributed by atoms with Crippen LogP contribution in [-0.2, 0) is 6.42 Å². The molecular formula is C18H32N2O. The van der Waals surface area contributed by atoms with Gasteiger partial charge in [-0.05, 0) is 31.4 Å². The van der Waals surface area contributed by atoms with Crippen LogP contribution < -0.4 is 4.90 Å². The van der Waals surface area contributed by atoms with E-state index >= 15 is 0 Å². The molecule has 0 saturated carbocycles. The molecule has 0 fully saturated rings. The Labute approximate surface area is 130 Å². The Balaban J connectivity index is 2.34. The molecule has 0 saturated heterocycles. The van der Waals surface area contributed by atoms with Crippen LogP contribution in [0.25, 0.3) is 0 Å². The van der Waals surface area contributed by atoms with Crippen molar-refractivity contribution in [1.29, 1.82) is 0 Å². The Morgan fingerprint density at radius 2 is 1.57 bits per heavy atom. The van der Waals surface area contributed by atoms with E-state index in [2.05, 4.69) is 11.9 Å². The maximum atomic E-state index is 10.1. The number of anilines is 1. The highest BCUT2D eigenvalue weighted by Gasteiger charge is 2.09. The van der Waals surface area contributed by atoms with Crippen molar-refractivity contribution in [3.63, 3.8) is 0 Å². The molecule has 1 rings (SSSR count). The summed E-state index contributed by atoms with van der Waals surface area (Å²) in [6.07, 6.45) is 11.3. The van der Waals surface area contributed by atoms with E-state index < -0.39 is 0 Å². The van der Waals surface area contributed by atoms with Gasteiger partial charge in [0.2, 0.25) is 0 Å². The number of rotatable bonds is 10. The molecule has 0 spiro atoms. The van der Waals surface area contributed by atoms with Crippen molar-refractivity contribution in [2.24, 2.45) is 0 Å². The minimum absolute atomic E-state index is 0.378. The number of pyridine rings is 1. The van der Waals surface area contributed by atoms with Crippen LogP contribution in [-0.4, -0.2) is 24.2 Å². The van der Waals surface area contributed by atoms with E-state index in [0.29, 0.717) is 5.75 Å². The van der Waals surface area contributed by atoms with Gasteiger partial charge in [0.05, 0.1) is 5.69 Å². The van der Waals surface area contributed by atoms with Crippen molar-refractivity contribution in [3.8, 4) is 5.75 Å². The standard InChI is InChI=1S/C18H32N2O/c1-5-6-7-8-9-10-11-12-13-16-18(21)15(2)14-17(19-16)20(3)4/h14,21H,5-13H2,1-4H3. The third-order valence-corrected chi connectivity index (χ3v) is 3.97. The minimum Gasteiger partial charge on any atom is -0.506 e. The van der Waals surface area contributed by atoms with Crippen molar-refractivity contribution in [3.05, 3.63) is 17.3 Å². The fourth-order valence-corrected chi connectivity index (χ4v) is 2.54. The van der Waals surface area contributed by atoms with Gasteiger partial charge in [0, 0.05) is 14.1 Å². The Morgan fingerprint density at radius 1 is 1.00 bits per heavy atom. The second-order valence-electron chi connectivity index (χ2n) is 6.21. The average molecular weight is 292 g/mol. The summed E-state index contributed by atoms with van der Waals surface area (Å²) >= 11 is 0. The van der Waals surface area contributed by atoms with Crippen molar-refractivity contribution >= 4 is 5.82 Å². The van der Waals surface area contributed by atoms with Gasteiger partial charge in [0.1, 0.15) is 11.6 Å². The number of nitrogens with zero attached hydrogens (tertiary/aromatic N) is 2. The summed E-state index contributed by atoms with van der Waals surface area (Å²) in [5.41, 5.74) is 1.77. The molecule has 0 aliphatic heterocycles. The van der Waals surface area contributed by atoms with Crippen LogP contribution in [0.2, 0.25) is 0 Å². The largest absolute Gasteiger partial charge is 0.506 e. The Morgan fingerprint density at radius 3 is 2.14 bits per heavy atom. The summed E-state index contributed by atoms with van der Waals surface area (Å²) in [5, 5.41) is 10.1. The third-order valence-electron chi connectivity index (χ3n) is 3.97. The predicted molar refractivity (Wildman–Crippen MR) is 91.3 cm³/mol. The van der Waals surface area contributed by atoms with Gasteiger partial charge in [-0.15, -0.1) is 0 Å². The first-order valence-corrected chi connectivity index (χ1v) is 8.43. The number of hydrogen-bond donors (Lipinski definition) is 1. The van der Waals surface area contributed by atoms with Crippen LogP contribution in [0.15, 0.2) is 6.07 Å². The number of aromatic nitrogens is 1. The van der Waals surface area contributed by atoms with Crippen molar-refractivity contribution < 1.29 is 5.11 Å². The van der Waals surface area contributed by atoms with E-state index in [-0.39, 0.29) is 0 Å². The zero-order valence-corrected chi connectivity index (χ0v) is 14.3. The molecule has 0 radical (unpaired) electrons. The third kappa shape index (κ3) is 6.36. The molecule has 0 unspecified atom stereocenters. The lowest BCUT2D eigenvalue weighted by Gasteiger charge is -2.15. The predicted octanol–water partition coefficient (Wildman–Crippen LogP) is 4.84. The van der Waals surface area contributed by atoms with Gasteiger partial charge < -0.3 is 10.0 Å². The van der Waals surface area contributed by atoms with E-state index in [9.17, 15) is 5.11 Å². The normalized spacial score (nSPS) is 10.9. The van der Waals surface area contributed by atoms with Crippen LogP contribution in [0.1, 0.15) is 69.5 Å². The number of aryl methyl sites for hydroxylation is 2. The topological polar surface area (TPSA) is 36.4 Å². The molecule has 1 N–H and O–H groups in total. The van der Waals surface area contributed by atoms with Crippen molar-refractivity contribution in [2.75, 3.05) is 19.0 Å². The Kier molecular flexibility index (Phi) is 8.17. The smallest absolute Gasteiger partial charge is 0.140 e. The van der Waals surface area contributed by atoms with Gasteiger partial charge in [-0.2, -0.15) is 0 Å². The van der Waals surface area contributed by atoms with Crippen LogP contribution in [0.4, 0.5) is 5.82 Å². The van der Waals surface area contributed by atoms with Gasteiger partial charge in [-0.1, -0.05) is 51.9 Å². The second-order valence-corrected chi connectivity index (χ2v) is 6.21. The summed E-state index contributed by atoms with van der Waals surface area (Å²) in [6, 6.07) is 1.94. The molecule has 120 valence electrons. The van der Waals surface area contributed by atoms with E-state index in [4.69, 9.17) is 0 Å². The Hall–Kier alpha value is -1.25. The highest BCUT2D eigenvalue weighted by molar-refractivity contribution is 5.47. The molecule has 3 nitrogen and oxygen atoms in total. The first kappa shape index (κ1) is 17.8. The fourth-order valence-electron chi connectivity index (χ4n) is 2.54. The number of hydrogen-bond acceptors (Lipinski definition) is 3. The number of unbranched alkanes of at least 4 members (excludes halogenated alkanes) is 7.